The zero-order chi connectivity index (χ0) is 14.1. The van der Waals surface area contributed by atoms with Gasteiger partial charge in [0.2, 0.25) is 11.9 Å². The monoisotopic (exact) mass is 287 g/mol. The van der Waals surface area contributed by atoms with E-state index >= 15 is 0 Å². The third-order valence-corrected chi connectivity index (χ3v) is 4.15. The minimum atomic E-state index is 0.257. The molecule has 2 aromatic rings. The SMILES string of the molecule is CN(C)c1nc(N)nc(Sc2ccc3c(c2)CCC3)n1. The van der Waals surface area contributed by atoms with Crippen molar-refractivity contribution in [2.75, 3.05) is 24.7 Å². The number of nitrogens with zero attached hydrogens (tertiary/aromatic N) is 4. The Morgan fingerprint density at radius 1 is 1.10 bits per heavy atom. The Hall–Kier alpha value is -1.82. The maximum Gasteiger partial charge on any atom is 0.230 e. The van der Waals surface area contributed by atoms with Crippen LogP contribution in [0.15, 0.2) is 28.3 Å². The second-order valence-corrected chi connectivity index (χ2v) is 6.10. The van der Waals surface area contributed by atoms with Gasteiger partial charge >= 0.3 is 0 Å². The van der Waals surface area contributed by atoms with Gasteiger partial charge in [-0.2, -0.15) is 15.0 Å². The molecule has 1 aliphatic rings. The van der Waals surface area contributed by atoms with Gasteiger partial charge in [-0.3, -0.25) is 0 Å². The van der Waals surface area contributed by atoms with Gasteiger partial charge < -0.3 is 10.6 Å². The van der Waals surface area contributed by atoms with E-state index in [9.17, 15) is 0 Å². The first-order valence-electron chi connectivity index (χ1n) is 6.60. The van der Waals surface area contributed by atoms with E-state index in [-0.39, 0.29) is 5.95 Å². The zero-order valence-corrected chi connectivity index (χ0v) is 12.4. The minimum Gasteiger partial charge on any atom is -0.368 e. The van der Waals surface area contributed by atoms with Gasteiger partial charge in [-0.05, 0) is 54.3 Å². The smallest absolute Gasteiger partial charge is 0.230 e. The average Bonchev–Trinajstić information content (AvgIpc) is 2.85. The van der Waals surface area contributed by atoms with Crippen LogP contribution < -0.4 is 10.6 Å². The number of benzene rings is 1. The number of anilines is 2. The summed E-state index contributed by atoms with van der Waals surface area (Å²) in [6, 6.07) is 6.58. The van der Waals surface area contributed by atoms with E-state index in [2.05, 4.69) is 33.2 Å². The summed E-state index contributed by atoms with van der Waals surface area (Å²) in [6.07, 6.45) is 3.63. The van der Waals surface area contributed by atoms with Crippen molar-refractivity contribution in [1.82, 2.24) is 15.0 Å². The molecule has 0 unspecified atom stereocenters. The topological polar surface area (TPSA) is 67.9 Å². The van der Waals surface area contributed by atoms with Crippen LogP contribution >= 0.6 is 11.8 Å². The van der Waals surface area contributed by atoms with Crippen LogP contribution in [0, 0.1) is 0 Å². The van der Waals surface area contributed by atoms with Crippen LogP contribution in [0.25, 0.3) is 0 Å². The lowest BCUT2D eigenvalue weighted by Crippen LogP contribution is -2.15. The highest BCUT2D eigenvalue weighted by atomic mass is 32.2. The molecular formula is C14H17N5S. The third kappa shape index (κ3) is 2.70. The minimum absolute atomic E-state index is 0.257. The molecule has 0 aliphatic heterocycles. The van der Waals surface area contributed by atoms with Gasteiger partial charge in [-0.1, -0.05) is 6.07 Å². The van der Waals surface area contributed by atoms with E-state index in [1.807, 2.05) is 19.0 Å². The molecule has 0 fully saturated rings. The molecule has 2 N–H and O–H groups in total. The number of hydrogen-bond donors (Lipinski definition) is 1. The van der Waals surface area contributed by atoms with E-state index in [0.29, 0.717) is 11.1 Å². The molecule has 0 atom stereocenters. The van der Waals surface area contributed by atoms with Crippen molar-refractivity contribution in [3.63, 3.8) is 0 Å². The molecule has 0 spiro atoms. The fourth-order valence-corrected chi connectivity index (χ4v) is 3.14. The first-order chi connectivity index (χ1) is 9.61. The van der Waals surface area contributed by atoms with Crippen LogP contribution in [-0.2, 0) is 12.8 Å². The molecule has 0 bridgehead atoms. The molecular weight excluding hydrogens is 270 g/mol. The van der Waals surface area contributed by atoms with Gasteiger partial charge in [0.05, 0.1) is 0 Å². The Kier molecular flexibility index (Phi) is 3.48. The highest BCUT2D eigenvalue weighted by Gasteiger charge is 2.13. The number of aryl methyl sites for hydroxylation is 2. The Bertz CT molecular complexity index is 641. The first kappa shape index (κ1) is 13.2. The second-order valence-electron chi connectivity index (χ2n) is 5.06. The lowest BCUT2D eigenvalue weighted by Gasteiger charge is -2.11. The summed E-state index contributed by atoms with van der Waals surface area (Å²) >= 11 is 1.53. The largest absolute Gasteiger partial charge is 0.368 e. The first-order valence-corrected chi connectivity index (χ1v) is 7.42. The van der Waals surface area contributed by atoms with Crippen LogP contribution in [-0.4, -0.2) is 29.0 Å². The molecule has 5 nitrogen and oxygen atoms in total. The van der Waals surface area contributed by atoms with Gasteiger partial charge in [0.25, 0.3) is 0 Å². The van der Waals surface area contributed by atoms with Crippen molar-refractivity contribution >= 4 is 23.7 Å². The third-order valence-electron chi connectivity index (χ3n) is 3.30. The standard InChI is InChI=1S/C14H17N5S/c1-19(2)13-16-12(15)17-14(18-13)20-11-7-6-9-4-3-5-10(9)8-11/h6-8H,3-5H2,1-2H3,(H2,15,16,17,18). The normalized spacial score (nSPS) is 13.3. The predicted octanol–water partition coefficient (Wildman–Crippen LogP) is 2.16. The summed E-state index contributed by atoms with van der Waals surface area (Å²) in [5.74, 6) is 0.841. The maximum absolute atomic E-state index is 5.74. The van der Waals surface area contributed by atoms with Gasteiger partial charge in [-0.15, -0.1) is 0 Å². The van der Waals surface area contributed by atoms with Crippen LogP contribution in [0.1, 0.15) is 17.5 Å². The molecule has 0 saturated heterocycles. The molecule has 1 heterocycles. The lowest BCUT2D eigenvalue weighted by atomic mass is 10.1. The molecule has 0 saturated carbocycles. The lowest BCUT2D eigenvalue weighted by molar-refractivity contribution is 0.876. The quantitative estimate of drug-likeness (QED) is 0.933. The fourth-order valence-electron chi connectivity index (χ4n) is 2.32. The highest BCUT2D eigenvalue weighted by molar-refractivity contribution is 7.99. The summed E-state index contributed by atoms with van der Waals surface area (Å²) in [7, 11) is 3.78. The molecule has 0 radical (unpaired) electrons. The van der Waals surface area contributed by atoms with E-state index in [4.69, 9.17) is 5.73 Å². The van der Waals surface area contributed by atoms with Crippen molar-refractivity contribution in [3.8, 4) is 0 Å². The zero-order valence-electron chi connectivity index (χ0n) is 11.6. The summed E-state index contributed by atoms with van der Waals surface area (Å²) in [4.78, 5) is 15.7. The average molecular weight is 287 g/mol. The molecule has 1 aromatic heterocycles. The van der Waals surface area contributed by atoms with Crippen LogP contribution in [0.5, 0.6) is 0 Å². The Balaban J connectivity index is 1.87. The van der Waals surface area contributed by atoms with Crippen LogP contribution in [0.4, 0.5) is 11.9 Å². The van der Waals surface area contributed by atoms with Crippen molar-refractivity contribution in [2.45, 2.75) is 29.3 Å². The molecule has 1 aliphatic carbocycles. The van der Waals surface area contributed by atoms with Crippen molar-refractivity contribution in [2.24, 2.45) is 0 Å². The Labute approximate surface area is 122 Å². The van der Waals surface area contributed by atoms with Crippen LogP contribution in [0.3, 0.4) is 0 Å². The Morgan fingerprint density at radius 3 is 2.70 bits per heavy atom. The Morgan fingerprint density at radius 2 is 1.90 bits per heavy atom. The van der Waals surface area contributed by atoms with Crippen LogP contribution in [0.2, 0.25) is 0 Å². The van der Waals surface area contributed by atoms with Crippen molar-refractivity contribution in [1.29, 1.82) is 0 Å². The summed E-state index contributed by atoms with van der Waals surface area (Å²) in [6.45, 7) is 0. The molecule has 0 amide bonds. The van der Waals surface area contributed by atoms with Crippen molar-refractivity contribution in [3.05, 3.63) is 29.3 Å². The number of hydrogen-bond acceptors (Lipinski definition) is 6. The number of aromatic nitrogens is 3. The van der Waals surface area contributed by atoms with Gasteiger partial charge in [-0.25, -0.2) is 0 Å². The molecule has 3 rings (SSSR count). The van der Waals surface area contributed by atoms with E-state index in [1.165, 1.54) is 42.2 Å². The number of nitrogens with two attached hydrogens (primary N) is 1. The molecule has 104 valence electrons. The van der Waals surface area contributed by atoms with E-state index < -0.39 is 0 Å². The fraction of sp³-hybridized carbons (Fsp3) is 0.357. The van der Waals surface area contributed by atoms with E-state index in [1.54, 1.807) is 0 Å². The summed E-state index contributed by atoms with van der Waals surface area (Å²) < 4.78 is 0. The number of fused-ring (bicyclic) bond motifs is 1. The van der Waals surface area contributed by atoms with Crippen molar-refractivity contribution < 1.29 is 0 Å². The second kappa shape index (κ2) is 5.28. The molecule has 6 heteroatoms. The number of rotatable bonds is 3. The maximum atomic E-state index is 5.74. The van der Waals surface area contributed by atoms with Gasteiger partial charge in [0.1, 0.15) is 0 Å². The summed E-state index contributed by atoms with van der Waals surface area (Å²) in [5, 5.41) is 0.638. The van der Waals surface area contributed by atoms with Gasteiger partial charge in [0.15, 0.2) is 5.16 Å². The highest BCUT2D eigenvalue weighted by Crippen LogP contribution is 2.31. The predicted molar refractivity (Wildman–Crippen MR) is 81.2 cm³/mol. The van der Waals surface area contributed by atoms with Gasteiger partial charge in [0, 0.05) is 19.0 Å². The molecule has 1 aromatic carbocycles. The number of nitrogen functional groups attached to an aromatic ring is 1. The summed E-state index contributed by atoms with van der Waals surface area (Å²) in [5.41, 5.74) is 8.66. The molecule has 20 heavy (non-hydrogen) atoms. The van der Waals surface area contributed by atoms with E-state index in [0.717, 1.165) is 4.90 Å².